The zero-order chi connectivity index (χ0) is 12.3. The quantitative estimate of drug-likeness (QED) is 0.837. The summed E-state index contributed by atoms with van der Waals surface area (Å²) >= 11 is 0. The van der Waals surface area contributed by atoms with E-state index in [1.54, 1.807) is 0 Å². The van der Waals surface area contributed by atoms with E-state index >= 15 is 0 Å². The first-order valence-electron chi connectivity index (χ1n) is 6.73. The molecule has 1 aromatic rings. The topological polar surface area (TPSA) is 38.0 Å². The highest BCUT2D eigenvalue weighted by atomic mass is 14.9. The molecule has 2 heteroatoms. The van der Waals surface area contributed by atoms with Crippen molar-refractivity contribution in [1.29, 1.82) is 0 Å². The predicted octanol–water partition coefficient (Wildman–Crippen LogP) is 2.78. The van der Waals surface area contributed by atoms with Gasteiger partial charge in [-0.1, -0.05) is 38.1 Å². The second kappa shape index (κ2) is 5.65. The normalized spacial score (nSPS) is 24.5. The lowest BCUT2D eigenvalue weighted by molar-refractivity contribution is 0.517. The first-order chi connectivity index (χ1) is 8.15. The Balaban J connectivity index is 1.83. The third kappa shape index (κ3) is 3.55. The zero-order valence-electron chi connectivity index (χ0n) is 10.9. The Morgan fingerprint density at radius 1 is 1.24 bits per heavy atom. The van der Waals surface area contributed by atoms with Crippen LogP contribution < -0.4 is 11.1 Å². The van der Waals surface area contributed by atoms with Gasteiger partial charge in [0.25, 0.3) is 0 Å². The van der Waals surface area contributed by atoms with Gasteiger partial charge in [0.15, 0.2) is 0 Å². The molecule has 1 aromatic carbocycles. The van der Waals surface area contributed by atoms with E-state index in [9.17, 15) is 0 Å². The van der Waals surface area contributed by atoms with Crippen LogP contribution in [0.3, 0.4) is 0 Å². The van der Waals surface area contributed by atoms with Crippen molar-refractivity contribution < 1.29 is 0 Å². The summed E-state index contributed by atoms with van der Waals surface area (Å²) in [5, 5.41) is 3.60. The van der Waals surface area contributed by atoms with Crippen LogP contribution in [0.1, 0.15) is 50.2 Å². The third-order valence-corrected chi connectivity index (χ3v) is 3.71. The van der Waals surface area contributed by atoms with Gasteiger partial charge in [0.05, 0.1) is 0 Å². The van der Waals surface area contributed by atoms with E-state index < -0.39 is 0 Å². The van der Waals surface area contributed by atoms with Crippen molar-refractivity contribution >= 4 is 0 Å². The summed E-state index contributed by atoms with van der Waals surface area (Å²) in [7, 11) is 0. The monoisotopic (exact) mass is 232 g/mol. The lowest BCUT2D eigenvalue weighted by Gasteiger charge is -2.13. The standard InChI is InChI=1S/C15H24N2/c1-11(2)13-5-3-12(4-6-13)10-17-15-8-7-14(16)9-15/h3-6,11,14-15,17H,7-10,16H2,1-2H3. The molecule has 1 saturated carbocycles. The van der Waals surface area contributed by atoms with Crippen LogP contribution in [-0.2, 0) is 6.54 Å². The molecule has 0 bridgehead atoms. The van der Waals surface area contributed by atoms with Crippen molar-refractivity contribution in [3.05, 3.63) is 35.4 Å². The molecule has 94 valence electrons. The fourth-order valence-corrected chi connectivity index (χ4v) is 2.48. The molecule has 0 saturated heterocycles. The summed E-state index contributed by atoms with van der Waals surface area (Å²) in [6.07, 6.45) is 3.53. The van der Waals surface area contributed by atoms with Crippen molar-refractivity contribution in [1.82, 2.24) is 5.32 Å². The zero-order valence-corrected chi connectivity index (χ0v) is 10.9. The number of nitrogens with two attached hydrogens (primary N) is 1. The Labute approximate surface area is 105 Å². The molecule has 1 fully saturated rings. The molecule has 0 radical (unpaired) electrons. The van der Waals surface area contributed by atoms with Crippen LogP contribution in [0.25, 0.3) is 0 Å². The Hall–Kier alpha value is -0.860. The second-order valence-corrected chi connectivity index (χ2v) is 5.55. The van der Waals surface area contributed by atoms with Gasteiger partial charge in [-0.2, -0.15) is 0 Å². The molecular formula is C15H24N2. The van der Waals surface area contributed by atoms with E-state index in [0.29, 0.717) is 18.0 Å². The first kappa shape index (κ1) is 12.6. The van der Waals surface area contributed by atoms with E-state index in [2.05, 4.69) is 43.4 Å². The molecule has 0 spiro atoms. The maximum absolute atomic E-state index is 5.91. The molecule has 1 aliphatic carbocycles. The van der Waals surface area contributed by atoms with Gasteiger partial charge >= 0.3 is 0 Å². The summed E-state index contributed by atoms with van der Waals surface area (Å²) in [4.78, 5) is 0. The van der Waals surface area contributed by atoms with Gasteiger partial charge in [-0.05, 0) is 36.3 Å². The number of benzene rings is 1. The van der Waals surface area contributed by atoms with Crippen LogP contribution in [0, 0.1) is 0 Å². The Kier molecular flexibility index (Phi) is 4.19. The summed E-state index contributed by atoms with van der Waals surface area (Å²) in [6.45, 7) is 5.43. The molecule has 2 rings (SSSR count). The molecule has 0 amide bonds. The molecule has 2 atom stereocenters. The van der Waals surface area contributed by atoms with Gasteiger partial charge in [0.1, 0.15) is 0 Å². The summed E-state index contributed by atoms with van der Waals surface area (Å²) in [5.74, 6) is 0.616. The van der Waals surface area contributed by atoms with Crippen molar-refractivity contribution in [3.8, 4) is 0 Å². The summed E-state index contributed by atoms with van der Waals surface area (Å²) in [6, 6.07) is 9.98. The van der Waals surface area contributed by atoms with E-state index in [1.807, 2.05) is 0 Å². The van der Waals surface area contributed by atoms with E-state index in [4.69, 9.17) is 5.73 Å². The van der Waals surface area contributed by atoms with Crippen molar-refractivity contribution in [2.24, 2.45) is 5.73 Å². The maximum Gasteiger partial charge on any atom is 0.0208 e. The summed E-state index contributed by atoms with van der Waals surface area (Å²) in [5.41, 5.74) is 8.69. The number of rotatable bonds is 4. The SMILES string of the molecule is CC(C)c1ccc(CNC2CCC(N)C2)cc1. The lowest BCUT2D eigenvalue weighted by Crippen LogP contribution is -2.27. The Morgan fingerprint density at radius 2 is 1.94 bits per heavy atom. The fourth-order valence-electron chi connectivity index (χ4n) is 2.48. The molecule has 0 aromatic heterocycles. The summed E-state index contributed by atoms with van der Waals surface area (Å²) < 4.78 is 0. The highest BCUT2D eigenvalue weighted by Gasteiger charge is 2.20. The average molecular weight is 232 g/mol. The fraction of sp³-hybridized carbons (Fsp3) is 0.600. The largest absolute Gasteiger partial charge is 0.328 e. The highest BCUT2D eigenvalue weighted by Crippen LogP contribution is 2.18. The van der Waals surface area contributed by atoms with E-state index in [1.165, 1.54) is 24.0 Å². The lowest BCUT2D eigenvalue weighted by atomic mass is 10.0. The smallest absolute Gasteiger partial charge is 0.0208 e. The van der Waals surface area contributed by atoms with Crippen molar-refractivity contribution in [2.75, 3.05) is 0 Å². The van der Waals surface area contributed by atoms with Gasteiger partial charge in [0, 0.05) is 18.6 Å². The van der Waals surface area contributed by atoms with Crippen LogP contribution >= 0.6 is 0 Å². The van der Waals surface area contributed by atoms with Crippen LogP contribution in [0.4, 0.5) is 0 Å². The molecule has 2 unspecified atom stereocenters. The number of hydrogen-bond acceptors (Lipinski definition) is 2. The molecule has 17 heavy (non-hydrogen) atoms. The van der Waals surface area contributed by atoms with Crippen molar-refractivity contribution in [2.45, 2.75) is 57.7 Å². The van der Waals surface area contributed by atoms with E-state index in [0.717, 1.165) is 13.0 Å². The Morgan fingerprint density at radius 3 is 2.47 bits per heavy atom. The van der Waals surface area contributed by atoms with Crippen molar-refractivity contribution in [3.63, 3.8) is 0 Å². The van der Waals surface area contributed by atoms with Crippen LogP contribution in [0.15, 0.2) is 24.3 Å². The van der Waals surface area contributed by atoms with Gasteiger partial charge in [-0.25, -0.2) is 0 Å². The van der Waals surface area contributed by atoms with Crippen LogP contribution in [0.2, 0.25) is 0 Å². The molecule has 0 aliphatic heterocycles. The highest BCUT2D eigenvalue weighted by molar-refractivity contribution is 5.24. The second-order valence-electron chi connectivity index (χ2n) is 5.55. The van der Waals surface area contributed by atoms with E-state index in [-0.39, 0.29) is 0 Å². The minimum atomic E-state index is 0.413. The number of nitrogens with one attached hydrogen (secondary N) is 1. The van der Waals surface area contributed by atoms with Crippen LogP contribution in [0.5, 0.6) is 0 Å². The van der Waals surface area contributed by atoms with Gasteiger partial charge in [0.2, 0.25) is 0 Å². The average Bonchev–Trinajstić information content (AvgIpc) is 2.73. The maximum atomic E-state index is 5.91. The molecule has 1 aliphatic rings. The molecule has 0 heterocycles. The van der Waals surface area contributed by atoms with Gasteiger partial charge in [-0.3, -0.25) is 0 Å². The minimum absolute atomic E-state index is 0.413. The van der Waals surface area contributed by atoms with Gasteiger partial charge < -0.3 is 11.1 Å². The third-order valence-electron chi connectivity index (χ3n) is 3.71. The van der Waals surface area contributed by atoms with Crippen LogP contribution in [-0.4, -0.2) is 12.1 Å². The minimum Gasteiger partial charge on any atom is -0.328 e. The molecule has 2 nitrogen and oxygen atoms in total. The Bertz CT molecular complexity index is 342. The molecule has 3 N–H and O–H groups in total. The number of hydrogen-bond donors (Lipinski definition) is 2. The molecular weight excluding hydrogens is 208 g/mol. The predicted molar refractivity (Wildman–Crippen MR) is 73.0 cm³/mol. The first-order valence-corrected chi connectivity index (χ1v) is 6.73. The van der Waals surface area contributed by atoms with Gasteiger partial charge in [-0.15, -0.1) is 0 Å².